The highest BCUT2D eigenvalue weighted by Gasteiger charge is 2.17. The highest BCUT2D eigenvalue weighted by atomic mass is 35.5. The first kappa shape index (κ1) is 17.3. The summed E-state index contributed by atoms with van der Waals surface area (Å²) >= 11 is 6.23. The number of rotatable bonds is 7. The molecule has 1 aliphatic rings. The van der Waals surface area contributed by atoms with Crippen LogP contribution in [0.15, 0.2) is 30.3 Å². The van der Waals surface area contributed by atoms with Crippen LogP contribution in [0.2, 0.25) is 5.02 Å². The Morgan fingerprint density at radius 3 is 2.79 bits per heavy atom. The van der Waals surface area contributed by atoms with Crippen molar-refractivity contribution in [3.63, 3.8) is 0 Å². The summed E-state index contributed by atoms with van der Waals surface area (Å²) < 4.78 is 8.10. The number of nitrogens with one attached hydrogen (secondary N) is 1. The first-order valence-electron chi connectivity index (χ1n) is 8.84. The molecule has 1 fully saturated rings. The molecular weight excluding hydrogens is 322 g/mol. The van der Waals surface area contributed by atoms with E-state index in [4.69, 9.17) is 21.4 Å². The molecule has 5 heteroatoms. The van der Waals surface area contributed by atoms with Crippen LogP contribution in [0.3, 0.4) is 0 Å². The van der Waals surface area contributed by atoms with Crippen molar-refractivity contribution < 1.29 is 4.74 Å². The second kappa shape index (κ2) is 8.54. The van der Waals surface area contributed by atoms with Crippen LogP contribution < -0.4 is 10.1 Å². The van der Waals surface area contributed by atoms with E-state index >= 15 is 0 Å². The van der Waals surface area contributed by atoms with Gasteiger partial charge in [0.25, 0.3) is 0 Å². The second-order valence-corrected chi connectivity index (χ2v) is 6.98. The lowest BCUT2D eigenvalue weighted by Gasteiger charge is -2.22. The summed E-state index contributed by atoms with van der Waals surface area (Å²) in [4.78, 5) is 0. The van der Waals surface area contributed by atoms with E-state index in [1.807, 2.05) is 42.1 Å². The summed E-state index contributed by atoms with van der Waals surface area (Å²) in [5.41, 5.74) is 2.02. The quantitative estimate of drug-likeness (QED) is 0.806. The van der Waals surface area contributed by atoms with Gasteiger partial charge in [-0.25, -0.2) is 4.68 Å². The summed E-state index contributed by atoms with van der Waals surface area (Å²) in [7, 11) is 1.93. The zero-order valence-electron chi connectivity index (χ0n) is 14.3. The molecule has 0 aliphatic heterocycles. The molecule has 0 unspecified atom stereocenters. The summed E-state index contributed by atoms with van der Waals surface area (Å²) in [6.45, 7) is 2.16. The minimum atomic E-state index is 0.467. The van der Waals surface area contributed by atoms with Crippen LogP contribution in [0.1, 0.15) is 43.4 Å². The molecule has 1 aliphatic carbocycles. The fourth-order valence-electron chi connectivity index (χ4n) is 3.35. The van der Waals surface area contributed by atoms with Crippen LogP contribution in [-0.4, -0.2) is 16.8 Å². The van der Waals surface area contributed by atoms with Gasteiger partial charge in [0.2, 0.25) is 5.88 Å². The Bertz CT molecular complexity index is 650. The maximum Gasteiger partial charge on any atom is 0.212 e. The average Bonchev–Trinajstić information content (AvgIpc) is 2.97. The Balaban J connectivity index is 1.71. The highest BCUT2D eigenvalue weighted by molar-refractivity contribution is 6.31. The fraction of sp³-hybridized carbons (Fsp3) is 0.526. The van der Waals surface area contributed by atoms with Crippen molar-refractivity contribution >= 4 is 11.6 Å². The Morgan fingerprint density at radius 1 is 1.25 bits per heavy atom. The number of hydrogen-bond acceptors (Lipinski definition) is 3. The minimum absolute atomic E-state index is 0.467. The Morgan fingerprint density at radius 2 is 2.04 bits per heavy atom. The molecule has 1 N–H and O–H groups in total. The van der Waals surface area contributed by atoms with Gasteiger partial charge in [-0.15, -0.1) is 0 Å². The lowest BCUT2D eigenvalue weighted by molar-refractivity contribution is 0.245. The molecule has 0 radical (unpaired) electrons. The van der Waals surface area contributed by atoms with E-state index < -0.39 is 0 Å². The van der Waals surface area contributed by atoms with E-state index in [2.05, 4.69) is 5.32 Å². The SMILES string of the molecule is CNCc1cc(OCc2ccccc2Cl)n(CC2CCCCC2)n1. The van der Waals surface area contributed by atoms with Gasteiger partial charge in [0.05, 0.1) is 5.69 Å². The van der Waals surface area contributed by atoms with Crippen molar-refractivity contribution in [2.24, 2.45) is 5.92 Å². The largest absolute Gasteiger partial charge is 0.473 e. The van der Waals surface area contributed by atoms with Crippen LogP contribution >= 0.6 is 11.6 Å². The zero-order chi connectivity index (χ0) is 16.8. The van der Waals surface area contributed by atoms with Crippen LogP contribution in [0.4, 0.5) is 0 Å². The molecule has 1 saturated carbocycles. The molecule has 24 heavy (non-hydrogen) atoms. The van der Waals surface area contributed by atoms with Crippen LogP contribution in [-0.2, 0) is 19.7 Å². The van der Waals surface area contributed by atoms with Crippen molar-refractivity contribution in [1.82, 2.24) is 15.1 Å². The molecule has 3 rings (SSSR count). The lowest BCUT2D eigenvalue weighted by Crippen LogP contribution is -2.16. The van der Waals surface area contributed by atoms with E-state index in [1.165, 1.54) is 32.1 Å². The molecule has 1 aromatic carbocycles. The number of halogens is 1. The third-order valence-corrected chi connectivity index (χ3v) is 5.01. The fourth-order valence-corrected chi connectivity index (χ4v) is 3.54. The van der Waals surface area contributed by atoms with Gasteiger partial charge in [-0.3, -0.25) is 0 Å². The normalized spacial score (nSPS) is 15.6. The number of ether oxygens (including phenoxy) is 1. The summed E-state index contributed by atoms with van der Waals surface area (Å²) in [6.07, 6.45) is 6.64. The van der Waals surface area contributed by atoms with E-state index in [0.29, 0.717) is 12.5 Å². The Labute approximate surface area is 149 Å². The minimum Gasteiger partial charge on any atom is -0.473 e. The van der Waals surface area contributed by atoms with Crippen molar-refractivity contribution in [1.29, 1.82) is 0 Å². The number of benzene rings is 1. The summed E-state index contributed by atoms with van der Waals surface area (Å²) in [6, 6.07) is 9.85. The Hall–Kier alpha value is -1.52. The summed E-state index contributed by atoms with van der Waals surface area (Å²) in [5.74, 6) is 1.55. The molecule has 1 aromatic heterocycles. The van der Waals surface area contributed by atoms with E-state index in [-0.39, 0.29) is 0 Å². The van der Waals surface area contributed by atoms with Crippen LogP contribution in [0.5, 0.6) is 5.88 Å². The van der Waals surface area contributed by atoms with Crippen molar-refractivity contribution in [3.8, 4) is 5.88 Å². The molecule has 0 atom stereocenters. The zero-order valence-corrected chi connectivity index (χ0v) is 15.1. The van der Waals surface area contributed by atoms with Gasteiger partial charge in [0, 0.05) is 29.7 Å². The van der Waals surface area contributed by atoms with Crippen molar-refractivity contribution in [2.75, 3.05) is 7.05 Å². The van der Waals surface area contributed by atoms with Crippen LogP contribution in [0.25, 0.3) is 0 Å². The maximum atomic E-state index is 6.23. The molecule has 0 bridgehead atoms. The first-order chi connectivity index (χ1) is 11.8. The van der Waals surface area contributed by atoms with Crippen LogP contribution in [0, 0.1) is 5.92 Å². The average molecular weight is 348 g/mol. The van der Waals surface area contributed by atoms with Gasteiger partial charge in [-0.1, -0.05) is 49.1 Å². The third-order valence-electron chi connectivity index (χ3n) is 4.64. The predicted octanol–water partition coefficient (Wildman–Crippen LogP) is 4.42. The lowest BCUT2D eigenvalue weighted by atomic mass is 9.89. The number of hydrogen-bond donors (Lipinski definition) is 1. The highest BCUT2D eigenvalue weighted by Crippen LogP contribution is 2.27. The van der Waals surface area contributed by atoms with Gasteiger partial charge in [0.15, 0.2) is 0 Å². The van der Waals surface area contributed by atoms with E-state index in [0.717, 1.165) is 35.2 Å². The maximum absolute atomic E-state index is 6.23. The standard InChI is InChI=1S/C19H26ClN3O/c1-21-12-17-11-19(24-14-16-9-5-6-10-18(16)20)23(22-17)13-15-7-3-2-4-8-15/h5-6,9-11,15,21H,2-4,7-8,12-14H2,1H3. The molecule has 130 valence electrons. The monoisotopic (exact) mass is 347 g/mol. The molecule has 0 saturated heterocycles. The first-order valence-corrected chi connectivity index (χ1v) is 9.21. The van der Waals surface area contributed by atoms with E-state index in [9.17, 15) is 0 Å². The number of aromatic nitrogens is 2. The Kier molecular flexibility index (Phi) is 6.16. The summed E-state index contributed by atoms with van der Waals surface area (Å²) in [5, 5.41) is 8.63. The molecule has 2 aromatic rings. The number of nitrogens with zero attached hydrogens (tertiary/aromatic N) is 2. The molecule has 0 spiro atoms. The third kappa shape index (κ3) is 4.52. The molecular formula is C19H26ClN3O. The molecule has 0 amide bonds. The molecule has 4 nitrogen and oxygen atoms in total. The van der Waals surface area contributed by atoms with Gasteiger partial charge in [-0.2, -0.15) is 5.10 Å². The van der Waals surface area contributed by atoms with Crippen molar-refractivity contribution in [2.45, 2.75) is 51.8 Å². The molecule has 1 heterocycles. The van der Waals surface area contributed by atoms with E-state index in [1.54, 1.807) is 0 Å². The van der Waals surface area contributed by atoms with Gasteiger partial charge >= 0.3 is 0 Å². The smallest absolute Gasteiger partial charge is 0.212 e. The second-order valence-electron chi connectivity index (χ2n) is 6.57. The van der Waals surface area contributed by atoms with Gasteiger partial charge in [0.1, 0.15) is 6.61 Å². The van der Waals surface area contributed by atoms with Gasteiger partial charge < -0.3 is 10.1 Å². The topological polar surface area (TPSA) is 39.1 Å². The predicted molar refractivity (Wildman–Crippen MR) is 97.3 cm³/mol. The van der Waals surface area contributed by atoms with Crippen molar-refractivity contribution in [3.05, 3.63) is 46.6 Å². The van der Waals surface area contributed by atoms with Gasteiger partial charge in [-0.05, 0) is 31.9 Å².